The Hall–Kier alpha value is -2.27. The molecule has 1 heterocycles. The van der Waals surface area contributed by atoms with Crippen LogP contribution < -0.4 is 20.7 Å². The molecular formula is C14H17N3O2. The molecule has 5 nitrogen and oxygen atoms in total. The molecule has 2 rings (SSSR count). The van der Waals surface area contributed by atoms with E-state index >= 15 is 0 Å². The highest BCUT2D eigenvalue weighted by atomic mass is 16.5. The zero-order valence-electron chi connectivity index (χ0n) is 10.8. The first kappa shape index (κ1) is 13.2. The van der Waals surface area contributed by atoms with Gasteiger partial charge in [0.1, 0.15) is 23.9 Å². The van der Waals surface area contributed by atoms with E-state index in [-0.39, 0.29) is 0 Å². The molecule has 0 saturated heterocycles. The second-order valence-corrected chi connectivity index (χ2v) is 3.89. The lowest BCUT2D eigenvalue weighted by molar-refractivity contribution is 0.304. The third-order valence-corrected chi connectivity index (χ3v) is 2.51. The summed E-state index contributed by atoms with van der Waals surface area (Å²) >= 11 is 0. The summed E-state index contributed by atoms with van der Waals surface area (Å²) in [5.41, 5.74) is 3.50. The molecule has 3 N–H and O–H groups in total. The second-order valence-electron chi connectivity index (χ2n) is 3.89. The van der Waals surface area contributed by atoms with E-state index in [1.54, 1.807) is 6.20 Å². The Balaban J connectivity index is 1.94. The Morgan fingerprint density at radius 2 is 1.79 bits per heavy atom. The van der Waals surface area contributed by atoms with Crippen LogP contribution in [0.5, 0.6) is 11.5 Å². The van der Waals surface area contributed by atoms with Crippen molar-refractivity contribution in [1.82, 2.24) is 4.98 Å². The van der Waals surface area contributed by atoms with Gasteiger partial charge < -0.3 is 14.9 Å². The number of benzene rings is 1. The van der Waals surface area contributed by atoms with E-state index in [0.717, 1.165) is 17.1 Å². The van der Waals surface area contributed by atoms with E-state index in [4.69, 9.17) is 15.3 Å². The molecule has 1 aromatic carbocycles. The number of pyridine rings is 1. The molecule has 0 radical (unpaired) electrons. The maximum Gasteiger partial charge on any atom is 0.140 e. The van der Waals surface area contributed by atoms with Crippen molar-refractivity contribution in [2.45, 2.75) is 13.5 Å². The van der Waals surface area contributed by atoms with Crippen LogP contribution in [0.3, 0.4) is 0 Å². The van der Waals surface area contributed by atoms with Crippen molar-refractivity contribution in [3.05, 3.63) is 48.2 Å². The number of rotatable bonds is 6. The van der Waals surface area contributed by atoms with Gasteiger partial charge in [-0.25, -0.2) is 10.8 Å². The number of aromatic nitrogens is 1. The first-order valence-corrected chi connectivity index (χ1v) is 6.09. The quantitative estimate of drug-likeness (QED) is 0.615. The lowest BCUT2D eigenvalue weighted by atomic mass is 10.3. The molecule has 0 amide bonds. The molecule has 19 heavy (non-hydrogen) atoms. The summed E-state index contributed by atoms with van der Waals surface area (Å²) in [5, 5.41) is 0. The number of nitrogens with two attached hydrogens (primary N) is 1. The van der Waals surface area contributed by atoms with E-state index in [9.17, 15) is 0 Å². The smallest absolute Gasteiger partial charge is 0.140 e. The van der Waals surface area contributed by atoms with Crippen molar-refractivity contribution >= 4 is 5.82 Å². The van der Waals surface area contributed by atoms with Gasteiger partial charge in [0, 0.05) is 6.20 Å². The number of nitrogens with zero attached hydrogens (tertiary/aromatic N) is 1. The molecule has 0 aliphatic rings. The van der Waals surface area contributed by atoms with Crippen molar-refractivity contribution < 1.29 is 9.47 Å². The fourth-order valence-electron chi connectivity index (χ4n) is 1.61. The summed E-state index contributed by atoms with van der Waals surface area (Å²) in [6.45, 7) is 3.08. The summed E-state index contributed by atoms with van der Waals surface area (Å²) < 4.78 is 11.0. The van der Waals surface area contributed by atoms with Crippen LogP contribution in [-0.2, 0) is 6.61 Å². The Kier molecular flexibility index (Phi) is 4.58. The number of hydrogen-bond donors (Lipinski definition) is 2. The number of hydrogen-bond acceptors (Lipinski definition) is 5. The van der Waals surface area contributed by atoms with Gasteiger partial charge in [0.05, 0.1) is 6.61 Å². The van der Waals surface area contributed by atoms with Crippen LogP contribution in [0, 0.1) is 0 Å². The molecule has 0 aliphatic carbocycles. The fourth-order valence-corrected chi connectivity index (χ4v) is 1.61. The zero-order valence-corrected chi connectivity index (χ0v) is 10.8. The van der Waals surface area contributed by atoms with Crippen LogP contribution in [0.4, 0.5) is 5.82 Å². The topological polar surface area (TPSA) is 69.4 Å². The highest BCUT2D eigenvalue weighted by molar-refractivity contribution is 5.36. The minimum Gasteiger partial charge on any atom is -0.494 e. The summed E-state index contributed by atoms with van der Waals surface area (Å²) in [6.07, 6.45) is 1.69. The van der Waals surface area contributed by atoms with E-state index in [1.165, 1.54) is 0 Å². The lowest BCUT2D eigenvalue weighted by Crippen LogP contribution is -2.09. The van der Waals surface area contributed by atoms with Crippen molar-refractivity contribution in [3.63, 3.8) is 0 Å². The van der Waals surface area contributed by atoms with Crippen LogP contribution in [0.25, 0.3) is 0 Å². The van der Waals surface area contributed by atoms with Crippen LogP contribution in [0.1, 0.15) is 12.5 Å². The number of nitrogens with one attached hydrogen (secondary N) is 1. The normalized spacial score (nSPS) is 10.0. The van der Waals surface area contributed by atoms with Gasteiger partial charge in [-0.2, -0.15) is 0 Å². The van der Waals surface area contributed by atoms with Gasteiger partial charge in [0.2, 0.25) is 0 Å². The van der Waals surface area contributed by atoms with Crippen LogP contribution in [0.2, 0.25) is 0 Å². The molecule has 0 bridgehead atoms. The molecule has 1 aromatic heterocycles. The van der Waals surface area contributed by atoms with Crippen molar-refractivity contribution in [3.8, 4) is 11.5 Å². The van der Waals surface area contributed by atoms with E-state index in [2.05, 4.69) is 10.4 Å². The molecule has 5 heteroatoms. The Bertz CT molecular complexity index is 514. The minimum absolute atomic E-state index is 0.463. The fraction of sp³-hybridized carbons (Fsp3) is 0.214. The van der Waals surface area contributed by atoms with Crippen molar-refractivity contribution in [1.29, 1.82) is 0 Å². The van der Waals surface area contributed by atoms with Gasteiger partial charge in [-0.1, -0.05) is 0 Å². The van der Waals surface area contributed by atoms with E-state index in [1.807, 2.05) is 43.3 Å². The molecule has 0 saturated carbocycles. The first-order valence-electron chi connectivity index (χ1n) is 6.09. The predicted molar refractivity (Wildman–Crippen MR) is 74.0 cm³/mol. The van der Waals surface area contributed by atoms with Gasteiger partial charge in [-0.3, -0.25) is 0 Å². The molecule has 0 aliphatic heterocycles. The summed E-state index contributed by atoms with van der Waals surface area (Å²) in [7, 11) is 0. The molecule has 100 valence electrons. The monoisotopic (exact) mass is 259 g/mol. The number of hydrazine groups is 1. The highest BCUT2D eigenvalue weighted by Gasteiger charge is 1.99. The highest BCUT2D eigenvalue weighted by Crippen LogP contribution is 2.18. The van der Waals surface area contributed by atoms with Gasteiger partial charge in [0.25, 0.3) is 0 Å². The van der Waals surface area contributed by atoms with Crippen molar-refractivity contribution in [2.75, 3.05) is 12.0 Å². The first-order chi connectivity index (χ1) is 9.31. The van der Waals surface area contributed by atoms with Gasteiger partial charge in [-0.05, 0) is 48.9 Å². The van der Waals surface area contributed by atoms with Crippen LogP contribution in [0.15, 0.2) is 42.6 Å². The molecule has 2 aromatic rings. The number of nitrogen functional groups attached to an aromatic ring is 1. The number of ether oxygens (including phenoxy) is 2. The molecule has 0 spiro atoms. The van der Waals surface area contributed by atoms with Gasteiger partial charge in [-0.15, -0.1) is 0 Å². The van der Waals surface area contributed by atoms with Crippen molar-refractivity contribution in [2.24, 2.45) is 5.84 Å². The SMILES string of the molecule is CCOc1ccc(OCc2ccnc(NN)c2)cc1. The number of anilines is 1. The third-order valence-electron chi connectivity index (χ3n) is 2.51. The molecular weight excluding hydrogens is 242 g/mol. The van der Waals surface area contributed by atoms with Gasteiger partial charge in [0.15, 0.2) is 0 Å². The predicted octanol–water partition coefficient (Wildman–Crippen LogP) is 2.34. The maximum atomic E-state index is 5.67. The third kappa shape index (κ3) is 3.86. The molecule has 0 unspecified atom stereocenters. The van der Waals surface area contributed by atoms with Crippen LogP contribution in [-0.4, -0.2) is 11.6 Å². The van der Waals surface area contributed by atoms with E-state index in [0.29, 0.717) is 19.0 Å². The Morgan fingerprint density at radius 1 is 1.11 bits per heavy atom. The lowest BCUT2D eigenvalue weighted by Gasteiger charge is -2.08. The largest absolute Gasteiger partial charge is 0.494 e. The minimum atomic E-state index is 0.463. The summed E-state index contributed by atoms with van der Waals surface area (Å²) in [6, 6.07) is 11.3. The van der Waals surface area contributed by atoms with Gasteiger partial charge >= 0.3 is 0 Å². The summed E-state index contributed by atoms with van der Waals surface area (Å²) in [5.74, 6) is 7.56. The Labute approximate surface area is 112 Å². The molecule has 0 fully saturated rings. The second kappa shape index (κ2) is 6.61. The zero-order chi connectivity index (χ0) is 13.5. The molecule has 0 atom stereocenters. The van der Waals surface area contributed by atoms with E-state index < -0.39 is 0 Å². The average Bonchev–Trinajstić information content (AvgIpc) is 2.47. The summed E-state index contributed by atoms with van der Waals surface area (Å²) in [4.78, 5) is 4.04. The average molecular weight is 259 g/mol. The van der Waals surface area contributed by atoms with Crippen LogP contribution >= 0.6 is 0 Å². The standard InChI is InChI=1S/C14H17N3O2/c1-2-18-12-3-5-13(6-4-12)19-10-11-7-8-16-14(9-11)17-15/h3-9H,2,10,15H2,1H3,(H,16,17). The maximum absolute atomic E-state index is 5.67. The Morgan fingerprint density at radius 3 is 2.42 bits per heavy atom.